The van der Waals surface area contributed by atoms with Gasteiger partial charge in [-0.3, -0.25) is 14.8 Å². The monoisotopic (exact) mass is 389 g/mol. The number of amides is 2. The molecule has 0 aromatic heterocycles. The molecule has 2 amide bonds. The summed E-state index contributed by atoms with van der Waals surface area (Å²) in [6, 6.07) is 8.35. The normalized spacial score (nSPS) is 27.4. The van der Waals surface area contributed by atoms with Crippen molar-refractivity contribution in [1.29, 1.82) is 0 Å². The average Bonchev–Trinajstić information content (AvgIpc) is 2.70. The molecule has 0 radical (unpaired) electrons. The summed E-state index contributed by atoms with van der Waals surface area (Å²) in [5.41, 5.74) is 2.78. The van der Waals surface area contributed by atoms with Crippen LogP contribution in [-0.2, 0) is 9.59 Å². The van der Waals surface area contributed by atoms with Gasteiger partial charge in [-0.25, -0.2) is 5.48 Å². The molecule has 154 valence electrons. The van der Waals surface area contributed by atoms with Crippen LogP contribution in [0.5, 0.6) is 5.75 Å². The molecule has 3 unspecified atom stereocenters. The van der Waals surface area contributed by atoms with E-state index in [1.165, 1.54) is 0 Å². The van der Waals surface area contributed by atoms with Gasteiger partial charge >= 0.3 is 0 Å². The third kappa shape index (κ3) is 4.24. The van der Waals surface area contributed by atoms with Gasteiger partial charge in [0.05, 0.1) is 12.6 Å². The third-order valence-corrected chi connectivity index (χ3v) is 5.87. The van der Waals surface area contributed by atoms with Crippen LogP contribution in [0.4, 0.5) is 5.69 Å². The number of nitrogens with one attached hydrogen (secondary N) is 1. The largest absolute Gasteiger partial charge is 0.494 e. The highest BCUT2D eigenvalue weighted by Gasteiger charge is 2.45. The lowest BCUT2D eigenvalue weighted by molar-refractivity contribution is -0.151. The van der Waals surface area contributed by atoms with E-state index in [9.17, 15) is 9.59 Å². The van der Waals surface area contributed by atoms with Gasteiger partial charge in [-0.05, 0) is 49.9 Å². The quantitative estimate of drug-likeness (QED) is 0.577. The van der Waals surface area contributed by atoms with Crippen LogP contribution in [0.25, 0.3) is 0 Å². The van der Waals surface area contributed by atoms with Crippen molar-refractivity contribution < 1.29 is 19.5 Å². The van der Waals surface area contributed by atoms with Gasteiger partial charge in [-0.15, -0.1) is 0 Å². The Kier molecular flexibility index (Phi) is 6.44. The van der Waals surface area contributed by atoms with E-state index in [4.69, 9.17) is 9.94 Å². The number of hydroxylamine groups is 1. The standard InChI is InChI=1S/C21H31N3O4/c1-4-9-28-18-7-5-17(6-8-18)23-12-15(3)24-19(13-23)14(2)10-16(21(24)26)11-20(25)22-27/h5-8,14-16,19,27H,4,9-13H2,1-3H3,(H,22,25)/t14?,15?,16-,19?/m0/s1. The van der Waals surface area contributed by atoms with Crippen molar-refractivity contribution >= 4 is 17.5 Å². The number of anilines is 1. The first-order valence-electron chi connectivity index (χ1n) is 10.2. The second kappa shape index (κ2) is 8.82. The van der Waals surface area contributed by atoms with Gasteiger partial charge in [0.25, 0.3) is 0 Å². The molecule has 0 bridgehead atoms. The van der Waals surface area contributed by atoms with Crippen LogP contribution in [0.2, 0.25) is 0 Å². The molecule has 1 aromatic rings. The summed E-state index contributed by atoms with van der Waals surface area (Å²) in [6.07, 6.45) is 1.69. The molecule has 7 nitrogen and oxygen atoms in total. The van der Waals surface area contributed by atoms with Crippen LogP contribution in [0.3, 0.4) is 0 Å². The number of ether oxygens (including phenoxy) is 1. The van der Waals surface area contributed by atoms with E-state index in [0.717, 1.165) is 30.9 Å². The maximum atomic E-state index is 13.0. The highest BCUT2D eigenvalue weighted by molar-refractivity contribution is 5.86. The zero-order valence-electron chi connectivity index (χ0n) is 16.9. The fourth-order valence-electron chi connectivity index (χ4n) is 4.50. The molecule has 2 aliphatic heterocycles. The molecular weight excluding hydrogens is 358 g/mol. The van der Waals surface area contributed by atoms with E-state index in [0.29, 0.717) is 13.0 Å². The van der Waals surface area contributed by atoms with Gasteiger partial charge in [0.1, 0.15) is 5.75 Å². The molecule has 3 rings (SSSR count). The number of fused-ring (bicyclic) bond motifs is 1. The molecule has 0 saturated carbocycles. The molecule has 2 aliphatic rings. The Morgan fingerprint density at radius 2 is 1.96 bits per heavy atom. The summed E-state index contributed by atoms with van der Waals surface area (Å²) in [5, 5.41) is 8.79. The van der Waals surface area contributed by atoms with Crippen molar-refractivity contribution in [2.75, 3.05) is 24.6 Å². The molecule has 7 heteroatoms. The zero-order valence-corrected chi connectivity index (χ0v) is 16.9. The van der Waals surface area contributed by atoms with E-state index < -0.39 is 5.91 Å². The Morgan fingerprint density at radius 1 is 1.25 bits per heavy atom. The molecule has 4 atom stereocenters. The highest BCUT2D eigenvalue weighted by Crippen LogP contribution is 2.36. The van der Waals surface area contributed by atoms with E-state index in [1.54, 1.807) is 5.48 Å². The summed E-state index contributed by atoms with van der Waals surface area (Å²) >= 11 is 0. The molecule has 0 aliphatic carbocycles. The van der Waals surface area contributed by atoms with E-state index in [2.05, 4.69) is 37.8 Å². The number of piperidine rings is 1. The lowest BCUT2D eigenvalue weighted by Crippen LogP contribution is -2.65. The fourth-order valence-corrected chi connectivity index (χ4v) is 4.50. The highest BCUT2D eigenvalue weighted by atomic mass is 16.5. The molecule has 2 heterocycles. The summed E-state index contributed by atoms with van der Waals surface area (Å²) in [4.78, 5) is 28.8. The predicted molar refractivity (Wildman–Crippen MR) is 106 cm³/mol. The maximum Gasteiger partial charge on any atom is 0.244 e. The number of hydrogen-bond donors (Lipinski definition) is 2. The maximum absolute atomic E-state index is 13.0. The second-order valence-corrected chi connectivity index (χ2v) is 8.06. The average molecular weight is 389 g/mol. The topological polar surface area (TPSA) is 82.1 Å². The predicted octanol–water partition coefficient (Wildman–Crippen LogP) is 2.43. The van der Waals surface area contributed by atoms with Gasteiger partial charge in [0, 0.05) is 37.2 Å². The second-order valence-electron chi connectivity index (χ2n) is 8.06. The molecule has 0 spiro atoms. The van der Waals surface area contributed by atoms with Crippen molar-refractivity contribution in [3.63, 3.8) is 0 Å². The smallest absolute Gasteiger partial charge is 0.244 e. The molecule has 28 heavy (non-hydrogen) atoms. The van der Waals surface area contributed by atoms with Crippen LogP contribution >= 0.6 is 0 Å². The Bertz CT molecular complexity index is 693. The SMILES string of the molecule is CCCOc1ccc(N2CC(C)N3C(=O)[C@H](CC(=O)NO)CC(C)C3C2)cc1. The van der Waals surface area contributed by atoms with Crippen LogP contribution in [0.15, 0.2) is 24.3 Å². The summed E-state index contributed by atoms with van der Waals surface area (Å²) in [5.74, 6) is 0.334. The number of carbonyl (C=O) groups is 2. The van der Waals surface area contributed by atoms with Crippen LogP contribution in [0, 0.1) is 11.8 Å². The first-order valence-corrected chi connectivity index (χ1v) is 10.2. The van der Waals surface area contributed by atoms with Crippen molar-refractivity contribution in [3.8, 4) is 5.75 Å². The number of benzene rings is 1. The Morgan fingerprint density at radius 3 is 2.61 bits per heavy atom. The van der Waals surface area contributed by atoms with E-state index in [-0.39, 0.29) is 36.2 Å². The number of carbonyl (C=O) groups excluding carboxylic acids is 2. The summed E-state index contributed by atoms with van der Waals surface area (Å²) < 4.78 is 5.67. The number of piperazine rings is 1. The third-order valence-electron chi connectivity index (χ3n) is 5.87. The number of hydrogen-bond acceptors (Lipinski definition) is 5. The Balaban J connectivity index is 1.71. The van der Waals surface area contributed by atoms with E-state index in [1.807, 2.05) is 17.0 Å². The van der Waals surface area contributed by atoms with Crippen LogP contribution < -0.4 is 15.1 Å². The van der Waals surface area contributed by atoms with Gasteiger partial charge in [0.15, 0.2) is 0 Å². The Hall–Kier alpha value is -2.28. The van der Waals surface area contributed by atoms with E-state index >= 15 is 0 Å². The first-order chi connectivity index (χ1) is 13.4. The first kappa shape index (κ1) is 20.5. The lowest BCUT2D eigenvalue weighted by atomic mass is 9.79. The minimum atomic E-state index is -0.499. The van der Waals surface area contributed by atoms with Gasteiger partial charge in [0.2, 0.25) is 11.8 Å². The molecule has 1 aromatic carbocycles. The van der Waals surface area contributed by atoms with Crippen molar-refractivity contribution in [1.82, 2.24) is 10.4 Å². The molecule has 2 saturated heterocycles. The van der Waals surface area contributed by atoms with Crippen molar-refractivity contribution in [2.24, 2.45) is 11.8 Å². The van der Waals surface area contributed by atoms with Crippen molar-refractivity contribution in [2.45, 2.75) is 52.1 Å². The zero-order chi connectivity index (χ0) is 20.3. The molecule has 2 fully saturated rings. The number of rotatable bonds is 6. The lowest BCUT2D eigenvalue weighted by Gasteiger charge is -2.52. The minimum Gasteiger partial charge on any atom is -0.494 e. The van der Waals surface area contributed by atoms with Gasteiger partial charge < -0.3 is 14.5 Å². The molecular formula is C21H31N3O4. The molecule has 2 N–H and O–H groups in total. The van der Waals surface area contributed by atoms with Crippen molar-refractivity contribution in [3.05, 3.63) is 24.3 Å². The summed E-state index contributed by atoms with van der Waals surface area (Å²) in [6.45, 7) is 8.55. The van der Waals surface area contributed by atoms with Crippen LogP contribution in [0.1, 0.15) is 40.0 Å². The summed E-state index contributed by atoms with van der Waals surface area (Å²) in [7, 11) is 0. The fraction of sp³-hybridized carbons (Fsp3) is 0.619. The van der Waals surface area contributed by atoms with Crippen LogP contribution in [-0.4, -0.2) is 53.7 Å². The number of nitrogens with zero attached hydrogens (tertiary/aromatic N) is 2. The van der Waals surface area contributed by atoms with Gasteiger partial charge in [-0.2, -0.15) is 0 Å². The minimum absolute atomic E-state index is 0.0298. The van der Waals surface area contributed by atoms with Gasteiger partial charge in [-0.1, -0.05) is 13.8 Å². The Labute approximate surface area is 166 Å².